The summed E-state index contributed by atoms with van der Waals surface area (Å²) in [6.07, 6.45) is 4.67. The highest BCUT2D eigenvalue weighted by atomic mass is 16.1. The number of aromatic amines is 1. The number of H-pyrrole nitrogens is 1. The lowest BCUT2D eigenvalue weighted by Gasteiger charge is -2.26. The monoisotopic (exact) mass is 375 g/mol. The Hall–Kier alpha value is -3.41. The smallest absolute Gasteiger partial charge is 0.207 e. The lowest BCUT2D eigenvalue weighted by atomic mass is 10.1. The summed E-state index contributed by atoms with van der Waals surface area (Å²) < 4.78 is 0. The predicted octanol–water partition coefficient (Wildman–Crippen LogP) is 3.87. The molecule has 6 heteroatoms. The van der Waals surface area contributed by atoms with Gasteiger partial charge in [-0.05, 0) is 42.2 Å². The van der Waals surface area contributed by atoms with Gasteiger partial charge in [0.15, 0.2) is 0 Å². The number of rotatable bonds is 8. The Morgan fingerprint density at radius 3 is 2.57 bits per heavy atom. The molecule has 0 radical (unpaired) electrons. The number of benzene rings is 2. The maximum Gasteiger partial charge on any atom is 0.207 e. The largest absolute Gasteiger partial charge is 0.361 e. The number of nitrogens with one attached hydrogen (secondary N) is 4. The van der Waals surface area contributed by atoms with Crippen LogP contribution in [0.25, 0.3) is 10.9 Å². The van der Waals surface area contributed by atoms with Crippen LogP contribution in [-0.4, -0.2) is 29.6 Å². The summed E-state index contributed by atoms with van der Waals surface area (Å²) in [6.45, 7) is 2.17. The van der Waals surface area contributed by atoms with E-state index < -0.39 is 0 Å². The van der Waals surface area contributed by atoms with Gasteiger partial charge in [-0.25, -0.2) is 0 Å². The van der Waals surface area contributed by atoms with Gasteiger partial charge < -0.3 is 10.3 Å². The first-order valence-corrected chi connectivity index (χ1v) is 9.40. The molecular formula is C22H25N5O. The highest BCUT2D eigenvalue weighted by Gasteiger charge is 2.18. The highest BCUT2D eigenvalue weighted by molar-refractivity contribution is 6.17. The van der Waals surface area contributed by atoms with Crippen LogP contribution in [0, 0.1) is 10.8 Å². The molecule has 1 amide bonds. The summed E-state index contributed by atoms with van der Waals surface area (Å²) in [5, 5.41) is 20.7. The van der Waals surface area contributed by atoms with Crippen LogP contribution >= 0.6 is 0 Å². The zero-order valence-electron chi connectivity index (χ0n) is 16.0. The Kier molecular flexibility index (Phi) is 6.22. The number of fused-ring (bicyclic) bond motifs is 1. The van der Waals surface area contributed by atoms with Crippen molar-refractivity contribution < 1.29 is 4.79 Å². The molecule has 0 bridgehead atoms. The fourth-order valence-corrected chi connectivity index (χ4v) is 3.28. The molecule has 28 heavy (non-hydrogen) atoms. The molecule has 1 heterocycles. The van der Waals surface area contributed by atoms with E-state index in [-0.39, 0.29) is 12.4 Å². The van der Waals surface area contributed by atoms with E-state index >= 15 is 0 Å². The number of aromatic nitrogens is 1. The van der Waals surface area contributed by atoms with Crippen LogP contribution in [0.2, 0.25) is 0 Å². The fraction of sp³-hybridized carbons (Fsp3) is 0.227. The summed E-state index contributed by atoms with van der Waals surface area (Å²) in [5.41, 5.74) is 4.20. The summed E-state index contributed by atoms with van der Waals surface area (Å²) in [4.78, 5) is 15.5. The molecular weight excluding hydrogens is 350 g/mol. The second kappa shape index (κ2) is 8.99. The molecule has 0 aliphatic carbocycles. The van der Waals surface area contributed by atoms with Gasteiger partial charge in [0.25, 0.3) is 0 Å². The van der Waals surface area contributed by atoms with E-state index in [4.69, 9.17) is 10.8 Å². The summed E-state index contributed by atoms with van der Waals surface area (Å²) in [7, 11) is 0. The average Bonchev–Trinajstić information content (AvgIpc) is 3.14. The van der Waals surface area contributed by atoms with Crippen molar-refractivity contribution in [1.82, 2.24) is 10.3 Å². The number of aryl methyl sites for hydroxylation is 2. The van der Waals surface area contributed by atoms with Crippen LogP contribution in [0.15, 0.2) is 54.7 Å². The zero-order valence-corrected chi connectivity index (χ0v) is 16.0. The van der Waals surface area contributed by atoms with Crippen molar-refractivity contribution in [2.75, 3.05) is 11.4 Å². The van der Waals surface area contributed by atoms with Crippen molar-refractivity contribution in [2.45, 2.75) is 26.2 Å². The molecule has 4 N–H and O–H groups in total. The quantitative estimate of drug-likeness (QED) is 0.273. The van der Waals surface area contributed by atoms with Crippen LogP contribution in [0.4, 0.5) is 5.69 Å². The molecule has 0 spiro atoms. The number of anilines is 1. The van der Waals surface area contributed by atoms with Crippen LogP contribution in [0.3, 0.4) is 0 Å². The standard InChI is InChI=1S/C22H25N5O/c1-2-16-7-10-18(11-8-16)27(22(24)14-25-15-28)21(23)12-9-17-13-26-20-6-4-3-5-19(17)20/h3-8,10-11,13,15,23-24,26H,2,9,12,14H2,1H3,(H,25,28). The van der Waals surface area contributed by atoms with Gasteiger partial charge in [0, 0.05) is 29.2 Å². The van der Waals surface area contributed by atoms with E-state index in [1.165, 1.54) is 5.56 Å². The Morgan fingerprint density at radius 1 is 1.11 bits per heavy atom. The fourth-order valence-electron chi connectivity index (χ4n) is 3.28. The van der Waals surface area contributed by atoms with Crippen molar-refractivity contribution in [1.29, 1.82) is 10.8 Å². The number of hydrogen-bond donors (Lipinski definition) is 4. The molecule has 0 saturated heterocycles. The summed E-state index contributed by atoms with van der Waals surface area (Å²) in [5.74, 6) is 0.493. The average molecular weight is 375 g/mol. The highest BCUT2D eigenvalue weighted by Crippen LogP contribution is 2.21. The van der Waals surface area contributed by atoms with Crippen molar-refractivity contribution in [3.05, 3.63) is 65.9 Å². The molecule has 0 aliphatic rings. The van der Waals surface area contributed by atoms with Gasteiger partial charge in [-0.2, -0.15) is 0 Å². The third-order valence-electron chi connectivity index (χ3n) is 4.80. The second-order valence-electron chi connectivity index (χ2n) is 6.61. The van der Waals surface area contributed by atoms with E-state index in [0.717, 1.165) is 28.6 Å². The van der Waals surface area contributed by atoms with Gasteiger partial charge in [-0.15, -0.1) is 0 Å². The maximum atomic E-state index is 10.6. The molecule has 6 nitrogen and oxygen atoms in total. The maximum absolute atomic E-state index is 10.6. The molecule has 0 atom stereocenters. The number of hydrogen-bond acceptors (Lipinski definition) is 3. The van der Waals surface area contributed by atoms with Gasteiger partial charge in [0.05, 0.1) is 6.54 Å². The minimum atomic E-state index is 0.0779. The van der Waals surface area contributed by atoms with Crippen molar-refractivity contribution in [2.24, 2.45) is 0 Å². The lowest BCUT2D eigenvalue weighted by Crippen LogP contribution is -2.41. The summed E-state index contributed by atoms with van der Waals surface area (Å²) >= 11 is 0. The number of carbonyl (C=O) groups excluding carboxylic acids is 1. The molecule has 0 aliphatic heterocycles. The zero-order chi connectivity index (χ0) is 19.9. The Balaban J connectivity index is 1.78. The van der Waals surface area contributed by atoms with Gasteiger partial charge in [0.1, 0.15) is 11.7 Å². The first-order valence-electron chi connectivity index (χ1n) is 9.40. The van der Waals surface area contributed by atoms with E-state index in [1.807, 2.05) is 48.7 Å². The SMILES string of the molecule is CCc1ccc(N(C(=N)CCc2c[nH]c3ccccc23)C(=N)CNC=O)cc1. The Labute approximate surface area is 164 Å². The minimum absolute atomic E-state index is 0.0779. The van der Waals surface area contributed by atoms with E-state index in [1.54, 1.807) is 4.90 Å². The van der Waals surface area contributed by atoms with Crippen LogP contribution in [0.1, 0.15) is 24.5 Å². The molecule has 1 aromatic heterocycles. The van der Waals surface area contributed by atoms with Crippen molar-refractivity contribution in [3.8, 4) is 0 Å². The number of nitrogens with zero attached hydrogens (tertiary/aromatic N) is 1. The van der Waals surface area contributed by atoms with Gasteiger partial charge >= 0.3 is 0 Å². The Morgan fingerprint density at radius 2 is 1.86 bits per heavy atom. The molecule has 0 saturated carbocycles. The number of amidine groups is 2. The van der Waals surface area contributed by atoms with Crippen LogP contribution in [-0.2, 0) is 17.6 Å². The first kappa shape index (κ1) is 19.4. The molecule has 144 valence electrons. The molecule has 3 aromatic rings. The predicted molar refractivity (Wildman–Crippen MR) is 114 cm³/mol. The van der Waals surface area contributed by atoms with E-state index in [9.17, 15) is 4.79 Å². The Bertz CT molecular complexity index is 974. The third kappa shape index (κ3) is 4.28. The van der Waals surface area contributed by atoms with Gasteiger partial charge in [-0.3, -0.25) is 20.5 Å². The molecule has 3 rings (SSSR count). The normalized spacial score (nSPS) is 10.6. The van der Waals surface area contributed by atoms with Crippen LogP contribution < -0.4 is 10.2 Å². The minimum Gasteiger partial charge on any atom is -0.361 e. The number of amides is 1. The van der Waals surface area contributed by atoms with E-state index in [2.05, 4.69) is 23.3 Å². The first-order chi connectivity index (χ1) is 13.6. The van der Waals surface area contributed by atoms with Crippen molar-refractivity contribution >= 4 is 34.7 Å². The third-order valence-corrected chi connectivity index (χ3v) is 4.80. The van der Waals surface area contributed by atoms with Gasteiger partial charge in [0.2, 0.25) is 6.41 Å². The second-order valence-corrected chi connectivity index (χ2v) is 6.61. The molecule has 0 unspecified atom stereocenters. The lowest BCUT2D eigenvalue weighted by molar-refractivity contribution is -0.109. The summed E-state index contributed by atoms with van der Waals surface area (Å²) in [6, 6.07) is 16.0. The van der Waals surface area contributed by atoms with Crippen molar-refractivity contribution in [3.63, 3.8) is 0 Å². The number of para-hydroxylation sites is 1. The number of carbonyl (C=O) groups is 1. The molecule has 2 aromatic carbocycles. The molecule has 0 fully saturated rings. The van der Waals surface area contributed by atoms with Gasteiger partial charge in [-0.1, -0.05) is 37.3 Å². The van der Waals surface area contributed by atoms with E-state index in [0.29, 0.717) is 25.1 Å². The topological polar surface area (TPSA) is 95.8 Å². The van der Waals surface area contributed by atoms with Crippen LogP contribution in [0.5, 0.6) is 0 Å².